The summed E-state index contributed by atoms with van der Waals surface area (Å²) in [4.78, 5) is 21.3. The van der Waals surface area contributed by atoms with Crippen molar-refractivity contribution in [2.75, 3.05) is 11.1 Å². The number of aromatic nitrogens is 3. The zero-order valence-corrected chi connectivity index (χ0v) is 15.9. The molecule has 29 heavy (non-hydrogen) atoms. The number of furan rings is 1. The van der Waals surface area contributed by atoms with Gasteiger partial charge in [0.2, 0.25) is 0 Å². The Morgan fingerprint density at radius 3 is 2.83 bits per heavy atom. The molecule has 1 aliphatic heterocycles. The Balaban J connectivity index is 1.56. The Morgan fingerprint density at radius 2 is 2.03 bits per heavy atom. The van der Waals surface area contributed by atoms with Crippen molar-refractivity contribution in [3.8, 4) is 22.5 Å². The normalized spacial score (nSPS) is 12.7. The van der Waals surface area contributed by atoms with Crippen molar-refractivity contribution in [3.05, 3.63) is 72.6 Å². The second-order valence-electron chi connectivity index (χ2n) is 6.46. The molecule has 5 rings (SSSR count). The number of halogens is 1. The number of rotatable bonds is 4. The Hall–Kier alpha value is -3.39. The number of pyridine rings is 1. The van der Waals surface area contributed by atoms with Gasteiger partial charge in [0.1, 0.15) is 11.6 Å². The van der Waals surface area contributed by atoms with Crippen molar-refractivity contribution in [2.45, 2.75) is 11.7 Å². The molecular weight excluding hydrogens is 391 g/mol. The molecular formula is C21H15FN4O2S. The van der Waals surface area contributed by atoms with E-state index in [2.05, 4.69) is 14.9 Å². The number of nitrogens with zero attached hydrogens (tertiary/aromatic N) is 3. The van der Waals surface area contributed by atoms with Crippen LogP contribution in [-0.4, -0.2) is 26.2 Å². The first kappa shape index (κ1) is 17.7. The SMILES string of the molecule is O=C(Nc1cc(-c2c(-c3ccc(F)cc3)nc3n2CCS3)ccn1)c1ccco1. The molecule has 0 unspecified atom stereocenters. The topological polar surface area (TPSA) is 73.0 Å². The van der Waals surface area contributed by atoms with E-state index in [4.69, 9.17) is 9.40 Å². The van der Waals surface area contributed by atoms with Gasteiger partial charge in [-0.15, -0.1) is 0 Å². The highest BCUT2D eigenvalue weighted by molar-refractivity contribution is 7.99. The third kappa shape index (κ3) is 3.31. The Labute approximate surface area is 169 Å². The van der Waals surface area contributed by atoms with Crippen LogP contribution in [0.2, 0.25) is 0 Å². The molecule has 0 fully saturated rings. The summed E-state index contributed by atoms with van der Waals surface area (Å²) >= 11 is 1.69. The minimum Gasteiger partial charge on any atom is -0.459 e. The van der Waals surface area contributed by atoms with Crippen LogP contribution < -0.4 is 5.32 Å². The Kier molecular flexibility index (Phi) is 4.40. The lowest BCUT2D eigenvalue weighted by Gasteiger charge is -2.10. The summed E-state index contributed by atoms with van der Waals surface area (Å²) in [7, 11) is 0. The zero-order valence-electron chi connectivity index (χ0n) is 15.1. The van der Waals surface area contributed by atoms with E-state index in [-0.39, 0.29) is 17.5 Å². The van der Waals surface area contributed by atoms with Crippen molar-refractivity contribution in [3.63, 3.8) is 0 Å². The molecule has 1 amide bonds. The number of anilines is 1. The number of hydrogen-bond acceptors (Lipinski definition) is 5. The summed E-state index contributed by atoms with van der Waals surface area (Å²) in [5.41, 5.74) is 3.41. The van der Waals surface area contributed by atoms with Gasteiger partial charge in [0, 0.05) is 29.6 Å². The molecule has 1 aliphatic rings. The number of carbonyl (C=O) groups excluding carboxylic acids is 1. The summed E-state index contributed by atoms with van der Waals surface area (Å²) in [6.07, 6.45) is 3.09. The maximum absolute atomic E-state index is 13.4. The summed E-state index contributed by atoms with van der Waals surface area (Å²) in [5, 5.41) is 3.68. The lowest BCUT2D eigenvalue weighted by Crippen LogP contribution is -2.12. The minimum atomic E-state index is -0.368. The van der Waals surface area contributed by atoms with Crippen LogP contribution in [0, 0.1) is 5.82 Å². The third-order valence-electron chi connectivity index (χ3n) is 4.62. The van der Waals surface area contributed by atoms with Gasteiger partial charge >= 0.3 is 0 Å². The van der Waals surface area contributed by atoms with Gasteiger partial charge in [0.25, 0.3) is 5.91 Å². The predicted molar refractivity (Wildman–Crippen MR) is 108 cm³/mol. The highest BCUT2D eigenvalue weighted by atomic mass is 32.2. The number of thioether (sulfide) groups is 1. The fourth-order valence-electron chi connectivity index (χ4n) is 3.31. The minimum absolute atomic E-state index is 0.214. The van der Waals surface area contributed by atoms with E-state index in [0.29, 0.717) is 5.82 Å². The van der Waals surface area contributed by atoms with E-state index in [1.165, 1.54) is 18.4 Å². The van der Waals surface area contributed by atoms with Crippen molar-refractivity contribution >= 4 is 23.5 Å². The number of nitrogens with one attached hydrogen (secondary N) is 1. The first-order chi connectivity index (χ1) is 14.2. The van der Waals surface area contributed by atoms with Gasteiger partial charge in [-0.1, -0.05) is 11.8 Å². The van der Waals surface area contributed by atoms with Crippen molar-refractivity contribution in [1.29, 1.82) is 0 Å². The average Bonchev–Trinajstić information content (AvgIpc) is 3.46. The monoisotopic (exact) mass is 406 g/mol. The van der Waals surface area contributed by atoms with E-state index < -0.39 is 0 Å². The van der Waals surface area contributed by atoms with Crippen LogP contribution >= 0.6 is 11.8 Å². The molecule has 0 bridgehead atoms. The highest BCUT2D eigenvalue weighted by Crippen LogP contribution is 2.39. The number of imidazole rings is 1. The molecule has 144 valence electrons. The zero-order chi connectivity index (χ0) is 19.8. The lowest BCUT2D eigenvalue weighted by atomic mass is 10.1. The summed E-state index contributed by atoms with van der Waals surface area (Å²) in [6.45, 7) is 0.833. The second-order valence-corrected chi connectivity index (χ2v) is 7.52. The summed E-state index contributed by atoms with van der Waals surface area (Å²) in [5.74, 6) is 0.920. The van der Waals surface area contributed by atoms with E-state index in [1.54, 1.807) is 48.3 Å². The highest BCUT2D eigenvalue weighted by Gasteiger charge is 2.24. The quantitative estimate of drug-likeness (QED) is 0.532. The van der Waals surface area contributed by atoms with Gasteiger partial charge in [-0.3, -0.25) is 4.79 Å². The van der Waals surface area contributed by atoms with Gasteiger partial charge in [-0.2, -0.15) is 0 Å². The van der Waals surface area contributed by atoms with Gasteiger partial charge in [0.05, 0.1) is 17.7 Å². The molecule has 0 aliphatic carbocycles. The smallest absolute Gasteiger partial charge is 0.292 e. The van der Waals surface area contributed by atoms with E-state index >= 15 is 0 Å². The van der Waals surface area contributed by atoms with E-state index in [0.717, 1.165) is 40.0 Å². The van der Waals surface area contributed by atoms with Crippen LogP contribution in [-0.2, 0) is 6.54 Å². The van der Waals surface area contributed by atoms with E-state index in [9.17, 15) is 9.18 Å². The first-order valence-corrected chi connectivity index (χ1v) is 9.98. The van der Waals surface area contributed by atoms with Gasteiger partial charge in [0.15, 0.2) is 10.9 Å². The fourth-order valence-corrected chi connectivity index (χ4v) is 4.26. The van der Waals surface area contributed by atoms with Crippen molar-refractivity contribution in [2.24, 2.45) is 0 Å². The van der Waals surface area contributed by atoms with Crippen molar-refractivity contribution in [1.82, 2.24) is 14.5 Å². The summed E-state index contributed by atoms with van der Waals surface area (Å²) in [6, 6.07) is 13.2. The molecule has 4 heterocycles. The molecule has 4 aromatic rings. The molecule has 8 heteroatoms. The molecule has 3 aromatic heterocycles. The molecule has 0 spiro atoms. The molecule has 0 saturated heterocycles. The van der Waals surface area contributed by atoms with E-state index in [1.807, 2.05) is 6.07 Å². The maximum atomic E-state index is 13.4. The number of carbonyl (C=O) groups is 1. The second kappa shape index (κ2) is 7.21. The van der Waals surface area contributed by atoms with Crippen LogP contribution in [0.5, 0.6) is 0 Å². The molecule has 0 saturated carbocycles. The van der Waals surface area contributed by atoms with Crippen LogP contribution in [0.3, 0.4) is 0 Å². The van der Waals surface area contributed by atoms with Crippen LogP contribution in [0.4, 0.5) is 10.2 Å². The molecule has 6 nitrogen and oxygen atoms in total. The van der Waals surface area contributed by atoms with Crippen LogP contribution in [0.1, 0.15) is 10.6 Å². The molecule has 0 atom stereocenters. The third-order valence-corrected chi connectivity index (χ3v) is 5.57. The maximum Gasteiger partial charge on any atom is 0.292 e. The van der Waals surface area contributed by atoms with Gasteiger partial charge in [-0.05, 0) is 48.5 Å². The van der Waals surface area contributed by atoms with Crippen molar-refractivity contribution < 1.29 is 13.6 Å². The predicted octanol–water partition coefficient (Wildman–Crippen LogP) is 4.70. The largest absolute Gasteiger partial charge is 0.459 e. The molecule has 0 radical (unpaired) electrons. The number of amides is 1. The number of hydrogen-bond donors (Lipinski definition) is 1. The number of fused-ring (bicyclic) bond motifs is 1. The first-order valence-electron chi connectivity index (χ1n) is 8.99. The van der Waals surface area contributed by atoms with Crippen LogP contribution in [0.25, 0.3) is 22.5 Å². The van der Waals surface area contributed by atoms with Crippen LogP contribution in [0.15, 0.2) is 70.6 Å². The summed E-state index contributed by atoms with van der Waals surface area (Å²) < 4.78 is 20.7. The molecule has 1 N–H and O–H groups in total. The van der Waals surface area contributed by atoms with Gasteiger partial charge in [-0.25, -0.2) is 14.4 Å². The number of benzene rings is 1. The average molecular weight is 406 g/mol. The standard InChI is InChI=1S/C21H15FN4O2S/c22-15-5-3-13(4-6-15)18-19(26-9-11-29-21(26)25-18)14-7-8-23-17(12-14)24-20(27)16-2-1-10-28-16/h1-8,10,12H,9,11H2,(H,23,24,27). The Bertz CT molecular complexity index is 1190. The molecule has 1 aromatic carbocycles. The lowest BCUT2D eigenvalue weighted by molar-refractivity contribution is 0.0996. The Morgan fingerprint density at radius 1 is 1.17 bits per heavy atom. The fraction of sp³-hybridized carbons (Fsp3) is 0.0952. The van der Waals surface area contributed by atoms with Gasteiger partial charge < -0.3 is 14.3 Å².